The summed E-state index contributed by atoms with van der Waals surface area (Å²) in [7, 11) is 0. The van der Waals surface area contributed by atoms with Crippen molar-refractivity contribution < 1.29 is 29.1 Å². The molecule has 1 heterocycles. The van der Waals surface area contributed by atoms with Crippen molar-refractivity contribution in [1.82, 2.24) is 4.98 Å². The van der Waals surface area contributed by atoms with Crippen LogP contribution in [0.25, 0.3) is 0 Å². The highest BCUT2D eigenvalue weighted by Crippen LogP contribution is 2.15. The van der Waals surface area contributed by atoms with Crippen LogP contribution >= 0.6 is 11.3 Å². The number of nitrogens with one attached hydrogen (secondary N) is 1. The molecule has 0 aliphatic heterocycles. The molecule has 0 saturated heterocycles. The lowest BCUT2D eigenvalue weighted by Gasteiger charge is -2.17. The van der Waals surface area contributed by atoms with Gasteiger partial charge in [0.2, 0.25) is 12.1 Å². The van der Waals surface area contributed by atoms with Gasteiger partial charge in [0.1, 0.15) is 17.9 Å². The third kappa shape index (κ3) is 7.01. The molecule has 0 saturated carbocycles. The van der Waals surface area contributed by atoms with Crippen molar-refractivity contribution in [2.45, 2.75) is 26.4 Å². The molecule has 0 bridgehead atoms. The third-order valence-corrected chi connectivity index (χ3v) is 2.89. The number of amides is 1. The fraction of sp³-hybridized carbons (Fsp3) is 0.357. The van der Waals surface area contributed by atoms with E-state index in [4.69, 9.17) is 14.7 Å². The molecule has 1 rings (SSSR count). The van der Waals surface area contributed by atoms with Crippen LogP contribution in [-0.2, 0) is 24.0 Å². The van der Waals surface area contributed by atoms with E-state index in [9.17, 15) is 14.4 Å². The Hall–Kier alpha value is -2.75. The van der Waals surface area contributed by atoms with Gasteiger partial charge in [-0.1, -0.05) is 5.16 Å². The molecule has 2 N–H and O–H groups in total. The van der Waals surface area contributed by atoms with E-state index in [0.717, 1.165) is 17.4 Å². The molecule has 9 nitrogen and oxygen atoms in total. The van der Waals surface area contributed by atoms with Crippen LogP contribution in [0.2, 0.25) is 0 Å². The van der Waals surface area contributed by atoms with Gasteiger partial charge < -0.3 is 20.0 Å². The lowest BCUT2D eigenvalue weighted by molar-refractivity contribution is -0.148. The number of carbonyl (C=O) groups is 3. The van der Waals surface area contributed by atoms with Crippen LogP contribution in [0, 0.1) is 0 Å². The maximum atomic E-state index is 11.4. The van der Waals surface area contributed by atoms with Gasteiger partial charge in [0.15, 0.2) is 5.13 Å². The maximum absolute atomic E-state index is 11.4. The molecule has 130 valence electrons. The number of carboxylic acid groups (broad SMARTS) is 1. The Bertz CT molecular complexity index is 660. The Morgan fingerprint density at radius 3 is 2.75 bits per heavy atom. The predicted molar refractivity (Wildman–Crippen MR) is 86.9 cm³/mol. The van der Waals surface area contributed by atoms with Crippen LogP contribution in [0.1, 0.15) is 26.5 Å². The van der Waals surface area contributed by atoms with E-state index in [2.05, 4.69) is 15.5 Å². The number of anilines is 1. The summed E-state index contributed by atoms with van der Waals surface area (Å²) < 4.78 is 5.04. The summed E-state index contributed by atoms with van der Waals surface area (Å²) in [5, 5.41) is 16.5. The number of rotatable bonds is 8. The maximum Gasteiger partial charge on any atom is 0.360 e. The van der Waals surface area contributed by atoms with E-state index < -0.39 is 23.3 Å². The van der Waals surface area contributed by atoms with E-state index in [1.807, 2.05) is 0 Å². The average Bonchev–Trinajstić information content (AvgIpc) is 2.89. The molecular formula is C14H17N3O6S. The van der Waals surface area contributed by atoms with Gasteiger partial charge in [-0.25, -0.2) is 14.6 Å². The van der Waals surface area contributed by atoms with Crippen molar-refractivity contribution in [3.05, 3.63) is 23.2 Å². The molecule has 10 heteroatoms. The molecule has 0 aliphatic carbocycles. The van der Waals surface area contributed by atoms with Crippen molar-refractivity contribution in [2.75, 3.05) is 11.9 Å². The SMILES string of the molecule is CC(C)(C)OC(=O)C=CCON=C(C(=O)O)c1csc(NC=O)n1. The zero-order valence-electron chi connectivity index (χ0n) is 13.3. The van der Waals surface area contributed by atoms with E-state index in [1.54, 1.807) is 20.8 Å². The minimum atomic E-state index is -1.34. The Morgan fingerprint density at radius 2 is 2.17 bits per heavy atom. The molecule has 0 spiro atoms. The van der Waals surface area contributed by atoms with Crippen molar-refractivity contribution in [3.63, 3.8) is 0 Å². The number of hydrogen-bond donors (Lipinski definition) is 2. The van der Waals surface area contributed by atoms with Gasteiger partial charge in [-0.2, -0.15) is 0 Å². The number of thiazole rings is 1. The van der Waals surface area contributed by atoms with Gasteiger partial charge in [0.05, 0.1) is 0 Å². The van der Waals surface area contributed by atoms with E-state index in [1.165, 1.54) is 11.5 Å². The summed E-state index contributed by atoms with van der Waals surface area (Å²) in [5.41, 5.74) is -0.974. The van der Waals surface area contributed by atoms with Gasteiger partial charge in [-0.3, -0.25) is 4.79 Å². The van der Waals surface area contributed by atoms with Crippen LogP contribution in [-0.4, -0.2) is 46.4 Å². The van der Waals surface area contributed by atoms with E-state index in [0.29, 0.717) is 6.41 Å². The summed E-state index contributed by atoms with van der Waals surface area (Å²) in [4.78, 5) is 41.6. The Labute approximate surface area is 142 Å². The second kappa shape index (κ2) is 8.77. The number of esters is 1. The minimum absolute atomic E-state index is 0.0490. The molecule has 0 unspecified atom stereocenters. The van der Waals surface area contributed by atoms with Gasteiger partial charge in [-0.15, -0.1) is 11.3 Å². The van der Waals surface area contributed by atoms with Gasteiger partial charge in [0.25, 0.3) is 0 Å². The monoisotopic (exact) mass is 355 g/mol. The van der Waals surface area contributed by atoms with Crippen LogP contribution in [0.4, 0.5) is 5.13 Å². The molecule has 0 aliphatic rings. The molecule has 24 heavy (non-hydrogen) atoms. The topological polar surface area (TPSA) is 127 Å². The first-order valence-corrected chi connectivity index (χ1v) is 7.59. The van der Waals surface area contributed by atoms with Crippen molar-refractivity contribution >= 4 is 40.5 Å². The fourth-order valence-electron chi connectivity index (χ4n) is 1.32. The minimum Gasteiger partial charge on any atom is -0.476 e. The molecule has 1 aromatic heterocycles. The highest BCUT2D eigenvalue weighted by atomic mass is 32.1. The third-order valence-electron chi connectivity index (χ3n) is 2.12. The zero-order chi connectivity index (χ0) is 18.2. The molecule has 0 aromatic carbocycles. The number of nitrogens with zero attached hydrogens (tertiary/aromatic N) is 2. The van der Waals surface area contributed by atoms with Crippen LogP contribution < -0.4 is 5.32 Å². The Morgan fingerprint density at radius 1 is 1.46 bits per heavy atom. The predicted octanol–water partition coefficient (Wildman–Crippen LogP) is 1.41. The number of ether oxygens (including phenoxy) is 1. The number of carboxylic acids is 1. The lowest BCUT2D eigenvalue weighted by Crippen LogP contribution is -2.22. The van der Waals surface area contributed by atoms with Gasteiger partial charge >= 0.3 is 11.9 Å². The van der Waals surface area contributed by atoms with Crippen LogP contribution in [0.15, 0.2) is 22.7 Å². The fourth-order valence-corrected chi connectivity index (χ4v) is 1.97. The molecule has 1 amide bonds. The molecule has 1 aromatic rings. The molecule has 0 radical (unpaired) electrons. The quantitative estimate of drug-likeness (QED) is 0.180. The van der Waals surface area contributed by atoms with Gasteiger partial charge in [-0.05, 0) is 26.8 Å². The first-order chi connectivity index (χ1) is 11.2. The van der Waals surface area contributed by atoms with E-state index in [-0.39, 0.29) is 17.4 Å². The smallest absolute Gasteiger partial charge is 0.360 e. The second-order valence-electron chi connectivity index (χ2n) is 5.28. The number of oxime groups is 1. The highest BCUT2D eigenvalue weighted by Gasteiger charge is 2.17. The average molecular weight is 355 g/mol. The summed E-state index contributed by atoms with van der Waals surface area (Å²) >= 11 is 1.04. The van der Waals surface area contributed by atoms with Crippen molar-refractivity contribution in [2.24, 2.45) is 5.16 Å². The van der Waals surface area contributed by atoms with Gasteiger partial charge in [0, 0.05) is 11.5 Å². The number of carbonyl (C=O) groups excluding carboxylic acids is 2. The number of aromatic nitrogens is 1. The molecular weight excluding hydrogens is 338 g/mol. The first kappa shape index (κ1) is 19.3. The summed E-state index contributed by atoms with van der Waals surface area (Å²) in [6.45, 7) is 5.08. The largest absolute Gasteiger partial charge is 0.476 e. The van der Waals surface area contributed by atoms with Crippen molar-refractivity contribution in [1.29, 1.82) is 0 Å². The standard InChI is InChI=1S/C14H17N3O6S/c1-14(2,3)23-10(19)5-4-6-22-17-11(12(20)21)9-7-24-13(16-9)15-8-18/h4-5,7-8H,6H2,1-3H3,(H,20,21)(H,15,16,18). The molecule has 0 atom stereocenters. The summed E-state index contributed by atoms with van der Waals surface area (Å²) in [6, 6.07) is 0. The molecule has 0 fully saturated rings. The Balaban J connectivity index is 2.62. The summed E-state index contributed by atoms with van der Waals surface area (Å²) in [5.74, 6) is -1.88. The number of hydrogen-bond acceptors (Lipinski definition) is 8. The first-order valence-electron chi connectivity index (χ1n) is 6.72. The normalized spacial score (nSPS) is 12.0. The zero-order valence-corrected chi connectivity index (χ0v) is 14.1. The van der Waals surface area contributed by atoms with Crippen LogP contribution in [0.5, 0.6) is 0 Å². The van der Waals surface area contributed by atoms with E-state index >= 15 is 0 Å². The lowest BCUT2D eigenvalue weighted by atomic mass is 10.2. The highest BCUT2D eigenvalue weighted by molar-refractivity contribution is 7.14. The second-order valence-corrected chi connectivity index (χ2v) is 6.13. The summed E-state index contributed by atoms with van der Waals surface area (Å²) in [6.07, 6.45) is 2.94. The Kier molecular flexibility index (Phi) is 7.05. The van der Waals surface area contributed by atoms with Crippen LogP contribution in [0.3, 0.4) is 0 Å². The van der Waals surface area contributed by atoms with Crippen molar-refractivity contribution in [3.8, 4) is 0 Å². The number of aliphatic carboxylic acids is 1.